The number of aromatic nitrogens is 2. The van der Waals surface area contributed by atoms with Crippen LogP contribution in [0.1, 0.15) is 19.2 Å². The van der Waals surface area contributed by atoms with E-state index < -0.39 is 0 Å². The van der Waals surface area contributed by atoms with Crippen molar-refractivity contribution in [3.8, 4) is 0 Å². The topological polar surface area (TPSA) is 63.8 Å². The number of nitrogens with one attached hydrogen (secondary N) is 1. The summed E-state index contributed by atoms with van der Waals surface area (Å²) in [5.41, 5.74) is 3.55. The zero-order chi connectivity index (χ0) is 10.7. The molecule has 0 unspecified atom stereocenters. The highest BCUT2D eigenvalue weighted by atomic mass is 15.3. The first-order valence-electron chi connectivity index (χ1n) is 5.07. The highest BCUT2D eigenvalue weighted by Gasteiger charge is 2.04. The van der Waals surface area contributed by atoms with Gasteiger partial charge in [-0.2, -0.15) is 0 Å². The van der Waals surface area contributed by atoms with Crippen LogP contribution in [0.15, 0.2) is 24.3 Å². The van der Waals surface area contributed by atoms with Gasteiger partial charge in [0.05, 0.1) is 5.52 Å². The summed E-state index contributed by atoms with van der Waals surface area (Å²) in [6.07, 6.45) is 1.90. The molecular formula is C11H14N4. The minimum atomic E-state index is 0.698. The number of para-hydroxylation sites is 1. The van der Waals surface area contributed by atoms with E-state index in [4.69, 9.17) is 5.84 Å². The Morgan fingerprint density at radius 2 is 2.07 bits per heavy atom. The van der Waals surface area contributed by atoms with Crippen molar-refractivity contribution < 1.29 is 0 Å². The van der Waals surface area contributed by atoms with Crippen LogP contribution in [0, 0.1) is 0 Å². The second-order valence-corrected chi connectivity index (χ2v) is 3.40. The van der Waals surface area contributed by atoms with Crippen molar-refractivity contribution in [3.05, 3.63) is 30.1 Å². The average Bonchev–Trinajstić information content (AvgIpc) is 2.28. The van der Waals surface area contributed by atoms with Gasteiger partial charge in [0.25, 0.3) is 0 Å². The van der Waals surface area contributed by atoms with E-state index in [1.165, 1.54) is 0 Å². The van der Waals surface area contributed by atoms with Crippen LogP contribution in [0.2, 0.25) is 0 Å². The molecule has 0 fully saturated rings. The molecular weight excluding hydrogens is 188 g/mol. The number of anilines is 1. The van der Waals surface area contributed by atoms with E-state index in [0.717, 1.165) is 29.6 Å². The summed E-state index contributed by atoms with van der Waals surface area (Å²) < 4.78 is 0. The Kier molecular flexibility index (Phi) is 2.78. The minimum absolute atomic E-state index is 0.698. The molecule has 0 aliphatic carbocycles. The Balaban J connectivity index is 2.60. The number of nitrogens with zero attached hydrogens (tertiary/aromatic N) is 2. The highest BCUT2D eigenvalue weighted by molar-refractivity contribution is 5.88. The summed E-state index contributed by atoms with van der Waals surface area (Å²) in [7, 11) is 0. The van der Waals surface area contributed by atoms with Crippen molar-refractivity contribution in [1.82, 2.24) is 9.97 Å². The van der Waals surface area contributed by atoms with Crippen molar-refractivity contribution in [2.75, 3.05) is 5.43 Å². The lowest BCUT2D eigenvalue weighted by Crippen LogP contribution is -2.11. The second kappa shape index (κ2) is 4.23. The molecule has 0 spiro atoms. The Hall–Kier alpha value is -1.68. The maximum absolute atomic E-state index is 5.44. The zero-order valence-electron chi connectivity index (χ0n) is 8.70. The van der Waals surface area contributed by atoms with Gasteiger partial charge in [-0.25, -0.2) is 15.8 Å². The summed E-state index contributed by atoms with van der Waals surface area (Å²) >= 11 is 0. The summed E-state index contributed by atoms with van der Waals surface area (Å²) in [6, 6.07) is 7.84. The standard InChI is InChI=1S/C11H14N4/c1-2-5-10-13-9-7-4-3-6-8(9)11(14-10)15-12/h3-4,6-7H,2,5,12H2,1H3,(H,13,14,15). The molecule has 0 amide bonds. The molecule has 0 bridgehead atoms. The molecule has 0 aliphatic heterocycles. The summed E-state index contributed by atoms with van der Waals surface area (Å²) in [6.45, 7) is 2.11. The average molecular weight is 202 g/mol. The van der Waals surface area contributed by atoms with Gasteiger partial charge in [-0.3, -0.25) is 0 Å². The van der Waals surface area contributed by atoms with Gasteiger partial charge in [-0.15, -0.1) is 0 Å². The number of benzene rings is 1. The first kappa shape index (κ1) is 9.86. The third-order valence-electron chi connectivity index (χ3n) is 2.26. The van der Waals surface area contributed by atoms with Crippen LogP contribution in [0.25, 0.3) is 10.9 Å². The first-order chi connectivity index (χ1) is 7.35. The SMILES string of the molecule is CCCc1nc(NN)c2ccccc2n1. The highest BCUT2D eigenvalue weighted by Crippen LogP contribution is 2.19. The van der Waals surface area contributed by atoms with E-state index >= 15 is 0 Å². The molecule has 1 heterocycles. The predicted molar refractivity (Wildman–Crippen MR) is 61.3 cm³/mol. The number of hydrogen-bond donors (Lipinski definition) is 2. The minimum Gasteiger partial charge on any atom is -0.308 e. The Labute approximate surface area is 88.5 Å². The molecule has 0 saturated heterocycles. The van der Waals surface area contributed by atoms with Crippen molar-refractivity contribution in [2.45, 2.75) is 19.8 Å². The first-order valence-corrected chi connectivity index (χ1v) is 5.07. The molecule has 0 aliphatic rings. The zero-order valence-corrected chi connectivity index (χ0v) is 8.70. The van der Waals surface area contributed by atoms with E-state index in [1.807, 2.05) is 24.3 Å². The number of hydrazine groups is 1. The third-order valence-corrected chi connectivity index (χ3v) is 2.26. The van der Waals surface area contributed by atoms with Crippen LogP contribution >= 0.6 is 0 Å². The molecule has 2 rings (SSSR count). The maximum Gasteiger partial charge on any atom is 0.151 e. The van der Waals surface area contributed by atoms with E-state index in [2.05, 4.69) is 22.3 Å². The monoisotopic (exact) mass is 202 g/mol. The summed E-state index contributed by atoms with van der Waals surface area (Å²) in [5.74, 6) is 6.98. The van der Waals surface area contributed by atoms with E-state index in [9.17, 15) is 0 Å². The van der Waals surface area contributed by atoms with Crippen molar-refractivity contribution in [2.24, 2.45) is 5.84 Å². The Morgan fingerprint density at radius 1 is 1.27 bits per heavy atom. The number of rotatable bonds is 3. The molecule has 3 N–H and O–H groups in total. The lowest BCUT2D eigenvalue weighted by atomic mass is 10.2. The third kappa shape index (κ3) is 1.89. The van der Waals surface area contributed by atoms with Gasteiger partial charge < -0.3 is 5.43 Å². The Bertz CT molecular complexity index is 467. The quantitative estimate of drug-likeness (QED) is 0.589. The fourth-order valence-electron chi connectivity index (χ4n) is 1.57. The largest absolute Gasteiger partial charge is 0.308 e. The molecule has 4 heteroatoms. The molecule has 15 heavy (non-hydrogen) atoms. The molecule has 0 atom stereocenters. The lowest BCUT2D eigenvalue weighted by Gasteiger charge is -2.06. The van der Waals surface area contributed by atoms with Gasteiger partial charge in [-0.05, 0) is 18.6 Å². The van der Waals surface area contributed by atoms with Crippen LogP contribution < -0.4 is 11.3 Å². The van der Waals surface area contributed by atoms with E-state index in [0.29, 0.717) is 5.82 Å². The van der Waals surface area contributed by atoms with E-state index in [-0.39, 0.29) is 0 Å². The fraction of sp³-hybridized carbons (Fsp3) is 0.273. The fourth-order valence-corrected chi connectivity index (χ4v) is 1.57. The molecule has 78 valence electrons. The summed E-state index contributed by atoms with van der Waals surface area (Å²) in [4.78, 5) is 8.83. The van der Waals surface area contributed by atoms with Gasteiger partial charge in [0.1, 0.15) is 5.82 Å². The van der Waals surface area contributed by atoms with Crippen molar-refractivity contribution >= 4 is 16.7 Å². The van der Waals surface area contributed by atoms with Crippen LogP contribution in [-0.4, -0.2) is 9.97 Å². The smallest absolute Gasteiger partial charge is 0.151 e. The van der Waals surface area contributed by atoms with Crippen LogP contribution in [0.5, 0.6) is 0 Å². The second-order valence-electron chi connectivity index (χ2n) is 3.40. The van der Waals surface area contributed by atoms with Crippen molar-refractivity contribution in [3.63, 3.8) is 0 Å². The molecule has 1 aromatic heterocycles. The molecule has 1 aromatic carbocycles. The number of fused-ring (bicyclic) bond motifs is 1. The van der Waals surface area contributed by atoms with E-state index in [1.54, 1.807) is 0 Å². The Morgan fingerprint density at radius 3 is 2.80 bits per heavy atom. The number of aryl methyl sites for hydroxylation is 1. The van der Waals surface area contributed by atoms with Crippen LogP contribution in [0.4, 0.5) is 5.82 Å². The van der Waals surface area contributed by atoms with Gasteiger partial charge in [0, 0.05) is 11.8 Å². The number of nitrogen functional groups attached to an aromatic ring is 1. The predicted octanol–water partition coefficient (Wildman–Crippen LogP) is 1.87. The molecule has 4 nitrogen and oxygen atoms in total. The lowest BCUT2D eigenvalue weighted by molar-refractivity contribution is 0.845. The molecule has 2 aromatic rings. The normalized spacial score (nSPS) is 10.5. The number of nitrogens with two attached hydrogens (primary N) is 1. The maximum atomic E-state index is 5.44. The van der Waals surface area contributed by atoms with Gasteiger partial charge >= 0.3 is 0 Å². The van der Waals surface area contributed by atoms with Crippen LogP contribution in [0.3, 0.4) is 0 Å². The number of hydrogen-bond acceptors (Lipinski definition) is 4. The summed E-state index contributed by atoms with van der Waals surface area (Å²) in [5, 5.41) is 0.958. The molecule has 0 radical (unpaired) electrons. The van der Waals surface area contributed by atoms with Crippen molar-refractivity contribution in [1.29, 1.82) is 0 Å². The van der Waals surface area contributed by atoms with Gasteiger partial charge in [0.15, 0.2) is 5.82 Å². The van der Waals surface area contributed by atoms with Gasteiger partial charge in [0.2, 0.25) is 0 Å². The van der Waals surface area contributed by atoms with Crippen LogP contribution in [-0.2, 0) is 6.42 Å². The van der Waals surface area contributed by atoms with Gasteiger partial charge in [-0.1, -0.05) is 19.1 Å². The molecule has 0 saturated carbocycles.